The van der Waals surface area contributed by atoms with E-state index in [2.05, 4.69) is 0 Å². The summed E-state index contributed by atoms with van der Waals surface area (Å²) in [6, 6.07) is 3.82. The Morgan fingerprint density at radius 2 is 1.68 bits per heavy atom. The third kappa shape index (κ3) is 1.60. The van der Waals surface area contributed by atoms with Gasteiger partial charge in [-0.1, -0.05) is 0 Å². The second-order valence-corrected chi connectivity index (χ2v) is 8.53. The normalized spacial score (nSPS) is 46.6. The number of nitro groups is 2. The van der Waals surface area contributed by atoms with Gasteiger partial charge in [0.25, 0.3) is 11.4 Å². The molecule has 0 saturated heterocycles. The molecule has 0 spiro atoms. The van der Waals surface area contributed by atoms with Gasteiger partial charge in [-0.3, -0.25) is 20.2 Å². The summed E-state index contributed by atoms with van der Waals surface area (Å²) in [6.07, 6.45) is 2.75. The van der Waals surface area contributed by atoms with Gasteiger partial charge < -0.3 is 4.74 Å². The Hall–Kier alpha value is -2.02. The lowest BCUT2D eigenvalue weighted by atomic mass is 9.43. The van der Waals surface area contributed by atoms with Crippen molar-refractivity contribution in [1.82, 2.24) is 0 Å². The minimum Gasteiger partial charge on any atom is -0.373 e. The van der Waals surface area contributed by atoms with Crippen LogP contribution < -0.4 is 0 Å². The van der Waals surface area contributed by atoms with Crippen LogP contribution in [0.1, 0.15) is 18.4 Å². The van der Waals surface area contributed by atoms with Crippen LogP contribution in [0, 0.1) is 67.6 Å². The topological polar surface area (TPSA) is 95.5 Å². The fraction of sp³-hybridized carbons (Fsp3) is 0.667. The number of fused-ring (bicyclic) bond motifs is 5. The van der Waals surface area contributed by atoms with Gasteiger partial charge in [0, 0.05) is 6.07 Å². The van der Waals surface area contributed by atoms with Gasteiger partial charge in [-0.25, -0.2) is 0 Å². The molecule has 5 aliphatic carbocycles. The average Bonchev–Trinajstić information content (AvgIpc) is 3.24. The van der Waals surface area contributed by atoms with Crippen LogP contribution in [-0.2, 0) is 11.3 Å². The van der Waals surface area contributed by atoms with Crippen LogP contribution in [0.3, 0.4) is 0 Å². The van der Waals surface area contributed by atoms with E-state index in [9.17, 15) is 20.2 Å². The van der Waals surface area contributed by atoms with Crippen LogP contribution in [-0.4, -0.2) is 16.0 Å². The van der Waals surface area contributed by atoms with E-state index in [4.69, 9.17) is 4.74 Å². The molecule has 0 amide bonds. The van der Waals surface area contributed by atoms with E-state index in [1.807, 2.05) is 0 Å². The van der Waals surface area contributed by atoms with Gasteiger partial charge in [0.2, 0.25) is 0 Å². The van der Waals surface area contributed by atoms with Crippen LogP contribution >= 0.6 is 0 Å². The van der Waals surface area contributed by atoms with E-state index in [0.717, 1.165) is 53.9 Å². The van der Waals surface area contributed by atoms with Crippen LogP contribution in [0.5, 0.6) is 0 Å². The lowest BCUT2D eigenvalue weighted by Gasteiger charge is -2.61. The van der Waals surface area contributed by atoms with Crippen molar-refractivity contribution in [1.29, 1.82) is 0 Å². The van der Waals surface area contributed by atoms with Crippen molar-refractivity contribution in [3.8, 4) is 0 Å². The zero-order valence-corrected chi connectivity index (χ0v) is 13.5. The van der Waals surface area contributed by atoms with E-state index in [0.29, 0.717) is 11.5 Å². The highest BCUT2D eigenvalue weighted by atomic mass is 16.6. The Labute approximate surface area is 143 Å². The van der Waals surface area contributed by atoms with E-state index in [1.165, 1.54) is 18.6 Å². The number of rotatable bonds is 5. The number of nitrogens with zero attached hydrogens (tertiary/aromatic N) is 2. The number of hydrogen-bond acceptors (Lipinski definition) is 5. The van der Waals surface area contributed by atoms with Crippen LogP contribution in [0.2, 0.25) is 0 Å². The van der Waals surface area contributed by atoms with Crippen molar-refractivity contribution < 1.29 is 14.6 Å². The van der Waals surface area contributed by atoms with E-state index in [-0.39, 0.29) is 24.1 Å². The second kappa shape index (κ2) is 4.38. The molecule has 0 radical (unpaired) electrons. The molecule has 25 heavy (non-hydrogen) atoms. The zero-order valence-electron chi connectivity index (χ0n) is 13.5. The molecule has 6 rings (SSSR count). The maximum Gasteiger partial charge on any atom is 0.281 e. The first kappa shape index (κ1) is 14.2. The van der Waals surface area contributed by atoms with Gasteiger partial charge in [0.05, 0.1) is 34.2 Å². The summed E-state index contributed by atoms with van der Waals surface area (Å²) in [5.41, 5.74) is -0.0427. The summed E-state index contributed by atoms with van der Waals surface area (Å²) in [7, 11) is 0. The zero-order chi connectivity index (χ0) is 17.0. The molecule has 7 nitrogen and oxygen atoms in total. The smallest absolute Gasteiger partial charge is 0.281 e. The molecule has 1 aromatic rings. The molecule has 7 heteroatoms. The minimum absolute atomic E-state index is 0.172. The predicted molar refractivity (Wildman–Crippen MR) is 85.5 cm³/mol. The molecule has 0 bridgehead atoms. The first-order valence-electron chi connectivity index (χ1n) is 9.09. The highest BCUT2D eigenvalue weighted by molar-refractivity contribution is 5.48. The molecule has 0 aliphatic heterocycles. The maximum atomic E-state index is 11.3. The molecular weight excluding hydrogens is 324 g/mol. The summed E-state index contributed by atoms with van der Waals surface area (Å²) < 4.78 is 6.16. The fourth-order valence-electron chi connectivity index (χ4n) is 7.23. The Morgan fingerprint density at radius 1 is 0.920 bits per heavy atom. The number of non-ortho nitro benzene ring substituents is 1. The average molecular weight is 342 g/mol. The molecule has 0 heterocycles. The monoisotopic (exact) mass is 342 g/mol. The highest BCUT2D eigenvalue weighted by Crippen LogP contribution is 2.85. The lowest BCUT2D eigenvalue weighted by Crippen LogP contribution is -2.59. The van der Waals surface area contributed by atoms with Gasteiger partial charge in [0.15, 0.2) is 0 Å². The quantitative estimate of drug-likeness (QED) is 0.605. The van der Waals surface area contributed by atoms with Crippen LogP contribution in [0.4, 0.5) is 11.4 Å². The van der Waals surface area contributed by atoms with Crippen molar-refractivity contribution in [3.05, 3.63) is 44.0 Å². The maximum absolute atomic E-state index is 11.3. The fourth-order valence-corrected chi connectivity index (χ4v) is 7.23. The Kier molecular flexibility index (Phi) is 2.49. The van der Waals surface area contributed by atoms with Crippen molar-refractivity contribution in [2.45, 2.75) is 25.6 Å². The molecular formula is C18H18N2O5. The van der Waals surface area contributed by atoms with Gasteiger partial charge in [-0.15, -0.1) is 0 Å². The summed E-state index contributed by atoms with van der Waals surface area (Å²) >= 11 is 0. The first-order chi connectivity index (χ1) is 12.1. The van der Waals surface area contributed by atoms with Crippen LogP contribution in [0.15, 0.2) is 18.2 Å². The minimum atomic E-state index is -0.608. The van der Waals surface area contributed by atoms with Crippen molar-refractivity contribution in [3.63, 3.8) is 0 Å². The molecule has 0 N–H and O–H groups in total. The SMILES string of the molecule is O=[N+]([O-])c1ccc(CO[C@@H]2C[C@H]3[C@@H]4[C@@H]5C[C@@H]5[C@H]5[C@H]4[C@H]3[C@@H]52)c([N+](=O)[O-])c1. The first-order valence-corrected chi connectivity index (χ1v) is 9.09. The standard InChI is InChI=1S/C18H18N2O5/c21-19(22)8-2-1-7(12(3-8)20(23)24)6-25-13-5-11-14-9-4-10(9)15-17(13)16(11)18(14)15/h1-3,9-11,13-18H,4-6H2/t9-,10+,11+,13-,14+,15-,16-,17-,18+/m1/s1. The Bertz CT molecular complexity index is 826. The molecule has 130 valence electrons. The molecule has 9 atom stereocenters. The highest BCUT2D eigenvalue weighted by Gasteiger charge is 2.82. The molecule has 5 aliphatic rings. The van der Waals surface area contributed by atoms with Crippen molar-refractivity contribution in [2.24, 2.45) is 47.3 Å². The Balaban J connectivity index is 1.21. The van der Waals surface area contributed by atoms with Gasteiger partial charge >= 0.3 is 0 Å². The van der Waals surface area contributed by atoms with E-state index >= 15 is 0 Å². The number of ether oxygens (including phenoxy) is 1. The summed E-state index contributed by atoms with van der Waals surface area (Å²) in [4.78, 5) is 20.9. The molecule has 1 aromatic carbocycles. The number of hydrogen-bond donors (Lipinski definition) is 0. The van der Waals surface area contributed by atoms with E-state index in [1.54, 1.807) is 0 Å². The van der Waals surface area contributed by atoms with Crippen molar-refractivity contribution in [2.75, 3.05) is 0 Å². The lowest BCUT2D eigenvalue weighted by molar-refractivity contribution is -0.394. The molecule has 0 aromatic heterocycles. The van der Waals surface area contributed by atoms with Crippen LogP contribution in [0.25, 0.3) is 0 Å². The predicted octanol–water partition coefficient (Wildman–Crippen LogP) is 3.17. The summed E-state index contributed by atoms with van der Waals surface area (Å²) in [5.74, 6) is 7.11. The molecule has 0 unspecified atom stereocenters. The van der Waals surface area contributed by atoms with Gasteiger partial charge in [-0.05, 0) is 66.3 Å². The number of benzene rings is 1. The number of nitro benzene ring substituents is 2. The Morgan fingerprint density at radius 3 is 2.44 bits per heavy atom. The summed E-state index contributed by atoms with van der Waals surface area (Å²) in [6.45, 7) is 0.172. The third-order valence-electron chi connectivity index (χ3n) is 7.95. The van der Waals surface area contributed by atoms with Crippen molar-refractivity contribution >= 4 is 11.4 Å². The molecule has 5 saturated carbocycles. The molecule has 5 fully saturated rings. The van der Waals surface area contributed by atoms with Gasteiger partial charge in [-0.2, -0.15) is 0 Å². The largest absolute Gasteiger partial charge is 0.373 e. The van der Waals surface area contributed by atoms with Gasteiger partial charge in [0.1, 0.15) is 0 Å². The second-order valence-electron chi connectivity index (χ2n) is 8.53. The third-order valence-corrected chi connectivity index (χ3v) is 7.95. The summed E-state index contributed by atoms with van der Waals surface area (Å²) in [5, 5.41) is 22.1. The van der Waals surface area contributed by atoms with E-state index < -0.39 is 9.85 Å².